The molecule has 3 N–H and O–H groups in total. The topological polar surface area (TPSA) is 112 Å². The highest BCUT2D eigenvalue weighted by Gasteiger charge is 2.34. The predicted octanol–water partition coefficient (Wildman–Crippen LogP) is 0.934. The number of nitrogens with one attached hydrogen (secondary N) is 2. The van der Waals surface area contributed by atoms with Crippen LogP contribution in [0.1, 0.15) is 30.0 Å². The molecule has 1 aliphatic rings. The molecule has 0 fully saturated rings. The summed E-state index contributed by atoms with van der Waals surface area (Å²) in [6.07, 6.45) is 0.850. The third-order valence-electron chi connectivity index (χ3n) is 4.71. The summed E-state index contributed by atoms with van der Waals surface area (Å²) in [5.74, 6) is -0.405. The Morgan fingerprint density at radius 3 is 2.76 bits per heavy atom. The summed E-state index contributed by atoms with van der Waals surface area (Å²) < 4.78 is 6.11. The molecule has 9 nitrogen and oxygen atoms in total. The minimum absolute atomic E-state index is 0.0237. The van der Waals surface area contributed by atoms with Gasteiger partial charge >= 0.3 is 5.69 Å². The Morgan fingerprint density at radius 1 is 1.38 bits per heavy atom. The second-order valence-electron chi connectivity index (χ2n) is 6.53. The molecule has 0 aliphatic carbocycles. The van der Waals surface area contributed by atoms with E-state index in [4.69, 9.17) is 17.0 Å². The van der Waals surface area contributed by atoms with Crippen molar-refractivity contribution in [3.63, 3.8) is 0 Å². The van der Waals surface area contributed by atoms with Crippen molar-refractivity contribution in [1.29, 1.82) is 0 Å². The van der Waals surface area contributed by atoms with Crippen molar-refractivity contribution in [2.75, 3.05) is 20.8 Å². The van der Waals surface area contributed by atoms with Crippen LogP contribution in [0.5, 0.6) is 5.88 Å². The van der Waals surface area contributed by atoms with Gasteiger partial charge in [-0.3, -0.25) is 14.3 Å². The zero-order chi connectivity index (χ0) is 21.0. The van der Waals surface area contributed by atoms with E-state index >= 15 is 0 Å². The highest BCUT2D eigenvalue weighted by atomic mass is 32.1. The van der Waals surface area contributed by atoms with Gasteiger partial charge in [-0.2, -0.15) is 5.10 Å². The Bertz CT molecular complexity index is 1030. The van der Waals surface area contributed by atoms with Crippen LogP contribution >= 0.6 is 12.2 Å². The summed E-state index contributed by atoms with van der Waals surface area (Å²) in [4.78, 5) is 26.9. The maximum absolute atomic E-state index is 12.5. The third kappa shape index (κ3) is 4.22. The normalized spacial score (nSPS) is 16.0. The lowest BCUT2D eigenvalue weighted by Crippen LogP contribution is -2.34. The number of nitrogens with zero attached hydrogens (tertiary/aromatic N) is 3. The van der Waals surface area contributed by atoms with Crippen molar-refractivity contribution < 1.29 is 9.84 Å². The van der Waals surface area contributed by atoms with E-state index in [9.17, 15) is 14.7 Å². The number of H-pyrrole nitrogens is 1. The van der Waals surface area contributed by atoms with Crippen LogP contribution in [0.15, 0.2) is 45.0 Å². The van der Waals surface area contributed by atoms with Gasteiger partial charge in [-0.25, -0.2) is 9.80 Å². The lowest BCUT2D eigenvalue weighted by atomic mass is 9.99. The van der Waals surface area contributed by atoms with Crippen LogP contribution in [0.2, 0.25) is 0 Å². The first-order valence-corrected chi connectivity index (χ1v) is 9.57. The van der Waals surface area contributed by atoms with Crippen LogP contribution in [0.4, 0.5) is 0 Å². The summed E-state index contributed by atoms with van der Waals surface area (Å²) in [5, 5.41) is 20.1. The molecule has 0 radical (unpaired) electrons. The van der Waals surface area contributed by atoms with Gasteiger partial charge in [0.05, 0.1) is 11.8 Å². The van der Waals surface area contributed by atoms with E-state index < -0.39 is 17.1 Å². The molecule has 0 bridgehead atoms. The fourth-order valence-electron chi connectivity index (χ4n) is 3.29. The first-order valence-electron chi connectivity index (χ1n) is 9.16. The Hall–Kier alpha value is -2.98. The van der Waals surface area contributed by atoms with Crippen LogP contribution < -0.4 is 16.6 Å². The number of aromatic amines is 1. The highest BCUT2D eigenvalue weighted by Crippen LogP contribution is 2.33. The van der Waals surface area contributed by atoms with Crippen molar-refractivity contribution in [2.24, 2.45) is 5.10 Å². The number of thiocarbonyl (C=S) groups is 1. The van der Waals surface area contributed by atoms with Crippen LogP contribution in [-0.2, 0) is 11.3 Å². The summed E-state index contributed by atoms with van der Waals surface area (Å²) in [5.41, 5.74) is -0.0559. The molecule has 3 rings (SSSR count). The van der Waals surface area contributed by atoms with E-state index in [1.807, 2.05) is 30.3 Å². The molecular weight excluding hydrogens is 394 g/mol. The van der Waals surface area contributed by atoms with Gasteiger partial charge in [0.25, 0.3) is 5.56 Å². The maximum atomic E-state index is 12.5. The number of hydrogen-bond acceptors (Lipinski definition) is 6. The first kappa shape index (κ1) is 20.7. The molecule has 10 heteroatoms. The molecule has 1 aromatic carbocycles. The Balaban J connectivity index is 2.03. The van der Waals surface area contributed by atoms with Crippen molar-refractivity contribution in [2.45, 2.75) is 25.4 Å². The summed E-state index contributed by atoms with van der Waals surface area (Å²) in [7, 11) is 3.25. The van der Waals surface area contributed by atoms with Gasteiger partial charge in [-0.05, 0) is 24.2 Å². The molecule has 1 aliphatic heterocycles. The average Bonchev–Trinajstić information content (AvgIpc) is 3.15. The van der Waals surface area contributed by atoms with E-state index in [0.717, 1.165) is 10.1 Å². The van der Waals surface area contributed by atoms with Crippen molar-refractivity contribution >= 4 is 23.0 Å². The maximum Gasteiger partial charge on any atom is 0.331 e. The Labute approximate surface area is 172 Å². The molecule has 154 valence electrons. The van der Waals surface area contributed by atoms with Crippen molar-refractivity contribution in [3.05, 3.63) is 62.3 Å². The third-order valence-corrected chi connectivity index (χ3v) is 5.10. The van der Waals surface area contributed by atoms with Crippen LogP contribution in [0.25, 0.3) is 0 Å². The van der Waals surface area contributed by atoms with Crippen LogP contribution in [0, 0.1) is 0 Å². The second kappa shape index (κ2) is 9.01. The smallest absolute Gasteiger partial charge is 0.331 e. The molecule has 0 saturated carbocycles. The van der Waals surface area contributed by atoms with E-state index in [1.54, 1.807) is 19.2 Å². The van der Waals surface area contributed by atoms with Gasteiger partial charge in [0.15, 0.2) is 5.11 Å². The molecular formula is C19H23N5O4S. The number of hydrazone groups is 1. The molecule has 0 saturated heterocycles. The predicted molar refractivity (Wildman–Crippen MR) is 113 cm³/mol. The number of ether oxygens (including phenoxy) is 1. The number of benzene rings is 1. The van der Waals surface area contributed by atoms with Crippen LogP contribution in [0.3, 0.4) is 0 Å². The van der Waals surface area contributed by atoms with Crippen LogP contribution in [-0.4, -0.2) is 51.3 Å². The minimum Gasteiger partial charge on any atom is -0.494 e. The summed E-state index contributed by atoms with van der Waals surface area (Å²) in [6.45, 7) is 0.623. The van der Waals surface area contributed by atoms with Crippen molar-refractivity contribution in [1.82, 2.24) is 19.9 Å². The monoisotopic (exact) mass is 417 g/mol. The average molecular weight is 417 g/mol. The van der Waals surface area contributed by atoms with E-state index in [0.29, 0.717) is 30.3 Å². The van der Waals surface area contributed by atoms with Gasteiger partial charge in [0.2, 0.25) is 5.88 Å². The van der Waals surface area contributed by atoms with E-state index in [2.05, 4.69) is 15.4 Å². The van der Waals surface area contributed by atoms with Gasteiger partial charge in [-0.1, -0.05) is 30.3 Å². The Morgan fingerprint density at radius 2 is 2.10 bits per heavy atom. The zero-order valence-corrected chi connectivity index (χ0v) is 17.0. The van der Waals surface area contributed by atoms with E-state index in [-0.39, 0.29) is 18.2 Å². The molecule has 0 unspecified atom stereocenters. The molecule has 0 amide bonds. The lowest BCUT2D eigenvalue weighted by molar-refractivity contribution is 0.188. The van der Waals surface area contributed by atoms with Gasteiger partial charge < -0.3 is 15.2 Å². The lowest BCUT2D eigenvalue weighted by Gasteiger charge is -2.23. The SMILES string of the molecule is CNC(=S)N1N=C(c2c(O)n(CCCOC)c(=O)[nH]c2=O)C[C@@H]1c1ccccc1. The molecule has 29 heavy (non-hydrogen) atoms. The summed E-state index contributed by atoms with van der Waals surface area (Å²) in [6, 6.07) is 9.39. The fraction of sp³-hybridized carbons (Fsp3) is 0.368. The molecule has 2 aromatic rings. The van der Waals surface area contributed by atoms with Crippen molar-refractivity contribution in [3.8, 4) is 5.88 Å². The standard InChI is InChI=1S/C19H23N5O4S/c1-20-19(29)24-14(12-7-4-3-5-8-12)11-13(22-24)15-16(25)21-18(27)23(17(15)26)9-6-10-28-2/h3-5,7-8,14,26H,6,9-11H2,1-2H3,(H,20,29)(H,21,25,27)/t14-/m1/s1. The highest BCUT2D eigenvalue weighted by molar-refractivity contribution is 7.80. The second-order valence-corrected chi connectivity index (χ2v) is 6.92. The van der Waals surface area contributed by atoms with Gasteiger partial charge in [-0.15, -0.1) is 0 Å². The summed E-state index contributed by atoms with van der Waals surface area (Å²) >= 11 is 5.37. The molecule has 1 atom stereocenters. The number of aromatic hydroxyl groups is 1. The van der Waals surface area contributed by atoms with Gasteiger partial charge in [0.1, 0.15) is 5.56 Å². The quantitative estimate of drug-likeness (QED) is 0.474. The molecule has 2 heterocycles. The first-order chi connectivity index (χ1) is 14.0. The Kier molecular flexibility index (Phi) is 6.45. The largest absolute Gasteiger partial charge is 0.494 e. The number of hydrogen-bond donors (Lipinski definition) is 3. The number of rotatable bonds is 6. The number of aromatic nitrogens is 2. The molecule has 1 aromatic heterocycles. The zero-order valence-electron chi connectivity index (χ0n) is 16.2. The van der Waals surface area contributed by atoms with Gasteiger partial charge in [0, 0.05) is 33.7 Å². The van der Waals surface area contributed by atoms with E-state index in [1.165, 1.54) is 0 Å². The fourth-order valence-corrected chi connectivity index (χ4v) is 3.46. The number of methoxy groups -OCH3 is 1. The minimum atomic E-state index is -0.682. The molecule has 0 spiro atoms.